The van der Waals surface area contributed by atoms with Crippen LogP contribution in [-0.4, -0.2) is 25.7 Å². The number of carbonyl (C=O) groups excluding carboxylic acids is 1. The van der Waals surface area contributed by atoms with Crippen LogP contribution in [0.15, 0.2) is 0 Å². The van der Waals surface area contributed by atoms with Crippen molar-refractivity contribution in [3.05, 3.63) is 0 Å². The fourth-order valence-electron chi connectivity index (χ4n) is 4.19. The smallest absolute Gasteiger partial charge is 0.222 e. The maximum Gasteiger partial charge on any atom is 0.222 e. The molecule has 0 bridgehead atoms. The molecule has 0 rings (SSSR count). The summed E-state index contributed by atoms with van der Waals surface area (Å²) in [5.74, 6) is 0.134. The van der Waals surface area contributed by atoms with E-state index < -0.39 is 0 Å². The van der Waals surface area contributed by atoms with Gasteiger partial charge in [0.05, 0.1) is 13.2 Å². The summed E-state index contributed by atoms with van der Waals surface area (Å²) in [4.78, 5) is 12.1. The van der Waals surface area contributed by atoms with Crippen LogP contribution in [0.2, 0.25) is 0 Å². The first-order valence-corrected chi connectivity index (χ1v) is 13.1. The molecule has 180 valence electrons. The molecule has 0 spiro atoms. The van der Waals surface area contributed by atoms with Gasteiger partial charge >= 0.3 is 0 Å². The maximum absolute atomic E-state index is 12.1. The summed E-state index contributed by atoms with van der Waals surface area (Å²) in [6, 6.07) is 0. The van der Waals surface area contributed by atoms with Gasteiger partial charge in [0.2, 0.25) is 5.91 Å². The normalized spacial score (nSPS) is 13.9. The number of nitrogens with one attached hydrogen (secondary N) is 1. The molecule has 0 fully saturated rings. The molecule has 0 radical (unpaired) electrons. The third-order valence-corrected chi connectivity index (χ3v) is 6.47. The molecule has 0 aromatic carbocycles. The van der Waals surface area contributed by atoms with E-state index in [4.69, 9.17) is 4.74 Å². The topological polar surface area (TPSA) is 38.3 Å². The highest BCUT2D eigenvalue weighted by molar-refractivity contribution is 5.75. The molecule has 30 heavy (non-hydrogen) atoms. The molecule has 0 aromatic rings. The fourth-order valence-corrected chi connectivity index (χ4v) is 4.19. The van der Waals surface area contributed by atoms with Gasteiger partial charge in [-0.2, -0.15) is 0 Å². The van der Waals surface area contributed by atoms with Crippen molar-refractivity contribution in [2.24, 2.45) is 10.8 Å². The Morgan fingerprint density at radius 3 is 1.93 bits per heavy atom. The molecule has 1 atom stereocenters. The Morgan fingerprint density at radius 1 is 0.733 bits per heavy atom. The summed E-state index contributed by atoms with van der Waals surface area (Å²) in [7, 11) is 0. The summed E-state index contributed by atoms with van der Waals surface area (Å²) in [5.41, 5.74) is 0.708. The Hall–Kier alpha value is -0.570. The first kappa shape index (κ1) is 29.4. The number of hydrogen-bond donors (Lipinski definition) is 1. The molecule has 0 aliphatic heterocycles. The lowest BCUT2D eigenvalue weighted by Gasteiger charge is -2.30. The van der Waals surface area contributed by atoms with E-state index in [9.17, 15) is 4.79 Å². The first-order chi connectivity index (χ1) is 14.3. The van der Waals surface area contributed by atoms with Crippen molar-refractivity contribution in [2.75, 3.05) is 19.8 Å². The van der Waals surface area contributed by atoms with Gasteiger partial charge in [-0.15, -0.1) is 0 Å². The first-order valence-electron chi connectivity index (χ1n) is 13.1. The highest BCUT2D eigenvalue weighted by atomic mass is 16.5. The van der Waals surface area contributed by atoms with Gasteiger partial charge < -0.3 is 10.1 Å². The molecule has 3 heteroatoms. The minimum atomic E-state index is 0.134. The highest BCUT2D eigenvalue weighted by Gasteiger charge is 2.22. The van der Waals surface area contributed by atoms with E-state index in [2.05, 4.69) is 46.9 Å². The van der Waals surface area contributed by atoms with Crippen molar-refractivity contribution in [1.29, 1.82) is 0 Å². The Labute approximate surface area is 189 Å². The summed E-state index contributed by atoms with van der Waals surface area (Å²) in [6.45, 7) is 15.9. The number of amides is 1. The van der Waals surface area contributed by atoms with Crippen LogP contribution < -0.4 is 5.32 Å². The molecule has 1 amide bonds. The van der Waals surface area contributed by atoms with Gasteiger partial charge in [0.25, 0.3) is 0 Å². The van der Waals surface area contributed by atoms with E-state index in [1.807, 2.05) is 0 Å². The zero-order valence-corrected chi connectivity index (χ0v) is 21.5. The quantitative estimate of drug-likeness (QED) is 0.189. The average molecular weight is 426 g/mol. The minimum Gasteiger partial charge on any atom is -0.380 e. The predicted molar refractivity (Wildman–Crippen MR) is 132 cm³/mol. The van der Waals surface area contributed by atoms with E-state index >= 15 is 0 Å². The molecule has 0 heterocycles. The van der Waals surface area contributed by atoms with Crippen LogP contribution in [-0.2, 0) is 9.53 Å². The van der Waals surface area contributed by atoms with Crippen LogP contribution in [0.4, 0.5) is 0 Å². The van der Waals surface area contributed by atoms with E-state index in [0.29, 0.717) is 18.4 Å². The highest BCUT2D eigenvalue weighted by Crippen LogP contribution is 2.36. The molecule has 1 unspecified atom stereocenters. The van der Waals surface area contributed by atoms with Crippen molar-refractivity contribution in [1.82, 2.24) is 5.32 Å². The van der Waals surface area contributed by atoms with E-state index in [0.717, 1.165) is 19.6 Å². The fraction of sp³-hybridized carbons (Fsp3) is 0.963. The van der Waals surface area contributed by atoms with Crippen molar-refractivity contribution in [3.63, 3.8) is 0 Å². The second kappa shape index (κ2) is 18.0. The van der Waals surface area contributed by atoms with E-state index in [1.54, 1.807) is 0 Å². The van der Waals surface area contributed by atoms with E-state index in [1.165, 1.54) is 83.5 Å². The van der Waals surface area contributed by atoms with Crippen molar-refractivity contribution < 1.29 is 9.53 Å². The second-order valence-electron chi connectivity index (χ2n) is 10.6. The van der Waals surface area contributed by atoms with Crippen LogP contribution in [0, 0.1) is 10.8 Å². The van der Waals surface area contributed by atoms with Gasteiger partial charge in [-0.25, -0.2) is 0 Å². The van der Waals surface area contributed by atoms with Crippen LogP contribution in [0.3, 0.4) is 0 Å². The summed E-state index contributed by atoms with van der Waals surface area (Å²) in [5, 5.41) is 3.08. The van der Waals surface area contributed by atoms with Crippen LogP contribution in [0.1, 0.15) is 138 Å². The molecule has 1 N–H and O–H groups in total. The molecular weight excluding hydrogens is 370 g/mol. The Morgan fingerprint density at radius 2 is 1.30 bits per heavy atom. The maximum atomic E-state index is 12.1. The second-order valence-corrected chi connectivity index (χ2v) is 10.6. The number of hydrogen-bond acceptors (Lipinski definition) is 2. The van der Waals surface area contributed by atoms with Gasteiger partial charge in [-0.05, 0) is 42.9 Å². The van der Waals surface area contributed by atoms with Crippen LogP contribution >= 0.6 is 0 Å². The largest absolute Gasteiger partial charge is 0.380 e. The monoisotopic (exact) mass is 425 g/mol. The van der Waals surface area contributed by atoms with Gasteiger partial charge in [0.1, 0.15) is 0 Å². The van der Waals surface area contributed by atoms with Crippen LogP contribution in [0.25, 0.3) is 0 Å². The number of unbranched alkanes of at least 4 members (excludes halogenated alkanes) is 6. The molecule has 0 aromatic heterocycles. The van der Waals surface area contributed by atoms with Gasteiger partial charge in [-0.1, -0.05) is 99.3 Å². The minimum absolute atomic E-state index is 0.134. The predicted octanol–water partition coefficient (Wildman–Crippen LogP) is 8.06. The zero-order valence-electron chi connectivity index (χ0n) is 21.5. The number of rotatable bonds is 21. The molecule has 0 aliphatic rings. The summed E-state index contributed by atoms with van der Waals surface area (Å²) < 4.78 is 5.77. The van der Waals surface area contributed by atoms with Gasteiger partial charge in [0, 0.05) is 13.0 Å². The number of ether oxygens (including phenoxy) is 1. The summed E-state index contributed by atoms with van der Waals surface area (Å²) in [6.07, 6.45) is 18.5. The van der Waals surface area contributed by atoms with E-state index in [-0.39, 0.29) is 11.3 Å². The molecule has 0 aliphatic carbocycles. The summed E-state index contributed by atoms with van der Waals surface area (Å²) >= 11 is 0. The van der Waals surface area contributed by atoms with Gasteiger partial charge in [0.15, 0.2) is 0 Å². The Kier molecular flexibility index (Phi) is 17.7. The van der Waals surface area contributed by atoms with Gasteiger partial charge in [-0.3, -0.25) is 4.79 Å². The molecule has 0 saturated heterocycles. The Bertz CT molecular complexity index is 408. The number of carbonyl (C=O) groups is 1. The standard InChI is InChI=1S/C27H55NO2/c1-7-10-13-14-20-27(6,19-12-9-3)21-15-16-22-28-25(29)17-23-30-24-26(4,5)18-11-8-2/h7-24H2,1-6H3,(H,28,29). The lowest BCUT2D eigenvalue weighted by Crippen LogP contribution is -2.27. The molecule has 0 saturated carbocycles. The molecule has 3 nitrogen and oxygen atoms in total. The molecular formula is C27H55NO2. The lowest BCUT2D eigenvalue weighted by atomic mass is 9.76. The average Bonchev–Trinajstić information content (AvgIpc) is 2.71. The van der Waals surface area contributed by atoms with Crippen molar-refractivity contribution in [2.45, 2.75) is 138 Å². The third kappa shape index (κ3) is 17.1. The lowest BCUT2D eigenvalue weighted by molar-refractivity contribution is -0.122. The Balaban J connectivity index is 3.91. The van der Waals surface area contributed by atoms with Crippen molar-refractivity contribution >= 4 is 5.91 Å². The van der Waals surface area contributed by atoms with Crippen LogP contribution in [0.5, 0.6) is 0 Å². The third-order valence-electron chi connectivity index (χ3n) is 6.47. The SMILES string of the molecule is CCCCCCC(C)(CCCC)CCCCNC(=O)CCOCC(C)(C)CCCC. The van der Waals surface area contributed by atoms with Crippen molar-refractivity contribution in [3.8, 4) is 0 Å². The zero-order chi connectivity index (χ0) is 22.7.